The van der Waals surface area contributed by atoms with Crippen LogP contribution in [0.2, 0.25) is 0 Å². The lowest BCUT2D eigenvalue weighted by Gasteiger charge is -2.11. The first-order chi connectivity index (χ1) is 11.9. The number of rotatable bonds is 4. The van der Waals surface area contributed by atoms with E-state index in [1.165, 1.54) is 6.07 Å². The third-order valence-corrected chi connectivity index (χ3v) is 3.55. The van der Waals surface area contributed by atoms with E-state index in [9.17, 15) is 8.78 Å². The average Bonchev–Trinajstić information content (AvgIpc) is 2.53. The summed E-state index contributed by atoms with van der Waals surface area (Å²) in [7, 11) is 0. The molecule has 128 valence electrons. The summed E-state index contributed by atoms with van der Waals surface area (Å²) in [5.41, 5.74) is 3.46. The summed E-state index contributed by atoms with van der Waals surface area (Å²) in [5.74, 6) is -0.748. The molecule has 3 rings (SSSR count). The molecule has 25 heavy (non-hydrogen) atoms. The van der Waals surface area contributed by atoms with E-state index < -0.39 is 11.6 Å². The fraction of sp³-hybridized carbons (Fsp3) is 0.167. The van der Waals surface area contributed by atoms with Crippen molar-refractivity contribution in [2.45, 2.75) is 20.8 Å². The molecule has 0 saturated heterocycles. The molecule has 2 N–H and O–H groups in total. The largest absolute Gasteiger partial charge is 0.324 e. The standard InChI is InChI=1S/C18H17F2N5/c1-10-4-7-16(11(2)8-10)24-18-22-12(3)21-17(25-18)23-13-5-6-14(19)15(20)9-13/h4-9H,1-3H3,(H2,21,22,23,24,25). The zero-order valence-corrected chi connectivity index (χ0v) is 14.1. The monoisotopic (exact) mass is 341 g/mol. The molecule has 1 heterocycles. The van der Waals surface area contributed by atoms with Crippen LogP contribution in [0.1, 0.15) is 17.0 Å². The molecule has 0 radical (unpaired) electrons. The summed E-state index contributed by atoms with van der Waals surface area (Å²) in [4.78, 5) is 12.7. The van der Waals surface area contributed by atoms with Gasteiger partial charge in [0.25, 0.3) is 0 Å². The Kier molecular flexibility index (Phi) is 4.56. The Morgan fingerprint density at radius 2 is 1.48 bits per heavy atom. The van der Waals surface area contributed by atoms with E-state index in [2.05, 4.69) is 31.7 Å². The Morgan fingerprint density at radius 1 is 0.760 bits per heavy atom. The molecule has 0 fully saturated rings. The van der Waals surface area contributed by atoms with Crippen LogP contribution in [0, 0.1) is 32.4 Å². The van der Waals surface area contributed by atoms with Crippen LogP contribution in [-0.4, -0.2) is 15.0 Å². The van der Waals surface area contributed by atoms with E-state index in [1.807, 2.05) is 26.0 Å². The smallest absolute Gasteiger partial charge is 0.232 e. The molecule has 0 aliphatic carbocycles. The molecule has 0 saturated carbocycles. The Labute approximate surface area is 144 Å². The Morgan fingerprint density at radius 3 is 2.16 bits per heavy atom. The fourth-order valence-corrected chi connectivity index (χ4v) is 2.37. The van der Waals surface area contributed by atoms with Crippen LogP contribution in [-0.2, 0) is 0 Å². The van der Waals surface area contributed by atoms with Crippen molar-refractivity contribution in [2.75, 3.05) is 10.6 Å². The lowest BCUT2D eigenvalue weighted by molar-refractivity contribution is 0.509. The third-order valence-electron chi connectivity index (χ3n) is 3.55. The molecule has 0 spiro atoms. The lowest BCUT2D eigenvalue weighted by Crippen LogP contribution is -2.06. The molecule has 0 unspecified atom stereocenters. The molecular weight excluding hydrogens is 324 g/mol. The Bertz CT molecular complexity index is 927. The van der Waals surface area contributed by atoms with Crippen molar-refractivity contribution in [1.82, 2.24) is 15.0 Å². The highest BCUT2D eigenvalue weighted by atomic mass is 19.2. The minimum absolute atomic E-state index is 0.241. The highest BCUT2D eigenvalue weighted by Gasteiger charge is 2.08. The molecule has 7 heteroatoms. The van der Waals surface area contributed by atoms with Gasteiger partial charge in [0.2, 0.25) is 11.9 Å². The van der Waals surface area contributed by atoms with Gasteiger partial charge < -0.3 is 10.6 Å². The zero-order valence-electron chi connectivity index (χ0n) is 14.1. The van der Waals surface area contributed by atoms with Crippen molar-refractivity contribution >= 4 is 23.3 Å². The second-order valence-corrected chi connectivity index (χ2v) is 5.73. The van der Waals surface area contributed by atoms with Gasteiger partial charge in [-0.25, -0.2) is 8.78 Å². The van der Waals surface area contributed by atoms with E-state index in [4.69, 9.17) is 0 Å². The number of aromatic nitrogens is 3. The van der Waals surface area contributed by atoms with Crippen molar-refractivity contribution in [3.05, 3.63) is 65.0 Å². The topological polar surface area (TPSA) is 62.7 Å². The normalized spacial score (nSPS) is 10.6. The number of hydrogen-bond donors (Lipinski definition) is 2. The number of benzene rings is 2. The average molecular weight is 341 g/mol. The summed E-state index contributed by atoms with van der Waals surface area (Å²) in [6.45, 7) is 5.74. The molecule has 5 nitrogen and oxygen atoms in total. The van der Waals surface area contributed by atoms with Gasteiger partial charge in [-0.15, -0.1) is 0 Å². The minimum Gasteiger partial charge on any atom is -0.324 e. The number of halogens is 2. The summed E-state index contributed by atoms with van der Waals surface area (Å²) < 4.78 is 26.3. The van der Waals surface area contributed by atoms with Crippen molar-refractivity contribution in [3.8, 4) is 0 Å². The molecule has 0 bridgehead atoms. The van der Waals surface area contributed by atoms with Crippen LogP contribution in [0.5, 0.6) is 0 Å². The predicted octanol–water partition coefficient (Wildman–Crippen LogP) is 4.56. The van der Waals surface area contributed by atoms with Crippen LogP contribution in [0.15, 0.2) is 36.4 Å². The third kappa shape index (κ3) is 4.06. The first-order valence-electron chi connectivity index (χ1n) is 7.70. The van der Waals surface area contributed by atoms with Gasteiger partial charge in [-0.1, -0.05) is 17.7 Å². The SMILES string of the molecule is Cc1ccc(Nc2nc(C)nc(Nc3ccc(F)c(F)c3)n2)c(C)c1. The highest BCUT2D eigenvalue weighted by molar-refractivity contribution is 5.60. The van der Waals surface area contributed by atoms with Gasteiger partial charge in [0.05, 0.1) is 0 Å². The number of nitrogens with one attached hydrogen (secondary N) is 2. The number of aryl methyl sites for hydroxylation is 3. The molecular formula is C18H17F2N5. The van der Waals surface area contributed by atoms with E-state index in [-0.39, 0.29) is 5.95 Å². The predicted molar refractivity (Wildman–Crippen MR) is 93.4 cm³/mol. The molecule has 3 aromatic rings. The van der Waals surface area contributed by atoms with Crippen molar-refractivity contribution in [3.63, 3.8) is 0 Å². The van der Waals surface area contributed by atoms with Crippen molar-refractivity contribution < 1.29 is 8.78 Å². The van der Waals surface area contributed by atoms with Gasteiger partial charge in [0, 0.05) is 17.4 Å². The van der Waals surface area contributed by atoms with E-state index in [1.54, 1.807) is 6.92 Å². The molecule has 0 atom stereocenters. The molecule has 0 aliphatic rings. The van der Waals surface area contributed by atoms with Crippen LogP contribution < -0.4 is 10.6 Å². The number of nitrogens with zero attached hydrogens (tertiary/aromatic N) is 3. The molecule has 1 aromatic heterocycles. The first-order valence-corrected chi connectivity index (χ1v) is 7.70. The summed E-state index contributed by atoms with van der Waals surface area (Å²) in [5, 5.41) is 6.00. The van der Waals surface area contributed by atoms with E-state index in [0.717, 1.165) is 28.9 Å². The second-order valence-electron chi connectivity index (χ2n) is 5.73. The Balaban J connectivity index is 1.86. The fourth-order valence-electron chi connectivity index (χ4n) is 2.37. The van der Waals surface area contributed by atoms with Crippen molar-refractivity contribution in [2.24, 2.45) is 0 Å². The maximum absolute atomic E-state index is 13.3. The summed E-state index contributed by atoms with van der Waals surface area (Å²) >= 11 is 0. The maximum atomic E-state index is 13.3. The van der Waals surface area contributed by atoms with Gasteiger partial charge in [-0.3, -0.25) is 0 Å². The highest BCUT2D eigenvalue weighted by Crippen LogP contribution is 2.21. The first kappa shape index (κ1) is 16.8. The van der Waals surface area contributed by atoms with Gasteiger partial charge in [-0.2, -0.15) is 15.0 Å². The Hall–Kier alpha value is -3.09. The molecule has 2 aromatic carbocycles. The summed E-state index contributed by atoms with van der Waals surface area (Å²) in [6, 6.07) is 9.49. The summed E-state index contributed by atoms with van der Waals surface area (Å²) in [6.07, 6.45) is 0. The van der Waals surface area contributed by atoms with Crippen LogP contribution in [0.3, 0.4) is 0 Å². The van der Waals surface area contributed by atoms with E-state index in [0.29, 0.717) is 17.5 Å². The quantitative estimate of drug-likeness (QED) is 0.728. The van der Waals surface area contributed by atoms with Gasteiger partial charge in [-0.05, 0) is 44.5 Å². The molecule has 0 amide bonds. The van der Waals surface area contributed by atoms with Crippen molar-refractivity contribution in [1.29, 1.82) is 0 Å². The maximum Gasteiger partial charge on any atom is 0.232 e. The number of anilines is 4. The van der Waals surface area contributed by atoms with Gasteiger partial charge in [0.1, 0.15) is 5.82 Å². The van der Waals surface area contributed by atoms with Crippen LogP contribution in [0.25, 0.3) is 0 Å². The minimum atomic E-state index is -0.940. The van der Waals surface area contributed by atoms with Gasteiger partial charge >= 0.3 is 0 Å². The lowest BCUT2D eigenvalue weighted by atomic mass is 10.1. The van der Waals surface area contributed by atoms with Crippen LogP contribution in [0.4, 0.5) is 32.1 Å². The molecule has 0 aliphatic heterocycles. The van der Waals surface area contributed by atoms with E-state index >= 15 is 0 Å². The number of hydrogen-bond acceptors (Lipinski definition) is 5. The zero-order chi connectivity index (χ0) is 18.0. The van der Waals surface area contributed by atoms with Crippen LogP contribution >= 0.6 is 0 Å². The second kappa shape index (κ2) is 6.80. The van der Waals surface area contributed by atoms with Gasteiger partial charge in [0.15, 0.2) is 11.6 Å².